The molecule has 120 valence electrons. The molecule has 2 saturated heterocycles. The Balaban J connectivity index is 1.75. The molecule has 1 amide bonds. The number of guanidine groups is 1. The number of ether oxygens (including phenoxy) is 2. The number of hydrogen-bond donors (Lipinski definition) is 1. The second kappa shape index (κ2) is 8.07. The fourth-order valence-electron chi connectivity index (χ4n) is 2.63. The van der Waals surface area contributed by atoms with Crippen molar-refractivity contribution in [1.29, 1.82) is 0 Å². The number of aliphatic imine (C=N–C) groups is 1. The summed E-state index contributed by atoms with van der Waals surface area (Å²) in [4.78, 5) is 19.9. The first-order valence-corrected chi connectivity index (χ1v) is 7.69. The van der Waals surface area contributed by atoms with Gasteiger partial charge in [0.25, 0.3) is 0 Å². The van der Waals surface area contributed by atoms with Gasteiger partial charge >= 0.3 is 6.09 Å². The summed E-state index contributed by atoms with van der Waals surface area (Å²) in [5, 5.41) is 3.41. The van der Waals surface area contributed by atoms with Gasteiger partial charge in [-0.15, -0.1) is 0 Å². The van der Waals surface area contributed by atoms with Crippen LogP contribution in [0.5, 0.6) is 0 Å². The molecule has 2 rings (SSSR count). The Hall–Kier alpha value is -1.50. The molecule has 0 aromatic carbocycles. The van der Waals surface area contributed by atoms with Crippen molar-refractivity contribution >= 4 is 12.1 Å². The summed E-state index contributed by atoms with van der Waals surface area (Å²) >= 11 is 0. The van der Waals surface area contributed by atoms with Gasteiger partial charge in [0.15, 0.2) is 5.96 Å². The van der Waals surface area contributed by atoms with E-state index in [4.69, 9.17) is 9.47 Å². The van der Waals surface area contributed by atoms with Crippen LogP contribution >= 0.6 is 0 Å². The second-order valence-electron chi connectivity index (χ2n) is 5.33. The van der Waals surface area contributed by atoms with Crippen LogP contribution < -0.4 is 5.32 Å². The number of amides is 1. The van der Waals surface area contributed by atoms with E-state index in [0.717, 1.165) is 45.2 Å². The molecular formula is C14H26N4O3. The second-order valence-corrected chi connectivity index (χ2v) is 5.33. The van der Waals surface area contributed by atoms with Crippen molar-refractivity contribution in [1.82, 2.24) is 15.1 Å². The molecule has 2 aliphatic rings. The van der Waals surface area contributed by atoms with Gasteiger partial charge < -0.3 is 24.6 Å². The van der Waals surface area contributed by atoms with E-state index in [0.29, 0.717) is 25.6 Å². The number of carbonyl (C=O) groups excluding carboxylic acids is 1. The normalized spacial score (nSPS) is 23.3. The summed E-state index contributed by atoms with van der Waals surface area (Å²) in [6.45, 7) is 7.74. The first-order chi connectivity index (χ1) is 10.2. The average Bonchev–Trinajstić information content (AvgIpc) is 3.02. The lowest BCUT2D eigenvalue weighted by atomic mass is 10.1. The molecule has 0 aromatic rings. The maximum absolute atomic E-state index is 11.7. The van der Waals surface area contributed by atoms with Crippen molar-refractivity contribution in [2.45, 2.75) is 13.3 Å². The van der Waals surface area contributed by atoms with Gasteiger partial charge in [-0.05, 0) is 13.3 Å². The van der Waals surface area contributed by atoms with Crippen LogP contribution in [0, 0.1) is 5.92 Å². The number of nitrogens with zero attached hydrogens (tertiary/aromatic N) is 3. The minimum absolute atomic E-state index is 0.219. The number of rotatable bonds is 3. The Labute approximate surface area is 126 Å². The molecule has 0 spiro atoms. The van der Waals surface area contributed by atoms with E-state index in [-0.39, 0.29) is 6.09 Å². The first kappa shape index (κ1) is 15.9. The van der Waals surface area contributed by atoms with Crippen molar-refractivity contribution in [2.75, 3.05) is 59.6 Å². The third-order valence-corrected chi connectivity index (χ3v) is 3.89. The number of piperazine rings is 1. The minimum Gasteiger partial charge on any atom is -0.450 e. The summed E-state index contributed by atoms with van der Waals surface area (Å²) in [7, 11) is 1.80. The van der Waals surface area contributed by atoms with Crippen LogP contribution in [0.3, 0.4) is 0 Å². The van der Waals surface area contributed by atoms with Crippen LogP contribution in [0.15, 0.2) is 4.99 Å². The van der Waals surface area contributed by atoms with Crippen LogP contribution in [-0.2, 0) is 9.47 Å². The molecule has 7 heteroatoms. The van der Waals surface area contributed by atoms with Crippen LogP contribution in [0.1, 0.15) is 13.3 Å². The summed E-state index contributed by atoms with van der Waals surface area (Å²) in [5.41, 5.74) is 0. The highest BCUT2D eigenvalue weighted by Crippen LogP contribution is 2.11. The molecule has 1 N–H and O–H groups in total. The van der Waals surface area contributed by atoms with Crippen LogP contribution in [0.2, 0.25) is 0 Å². The monoisotopic (exact) mass is 298 g/mol. The lowest BCUT2D eigenvalue weighted by Gasteiger charge is -2.36. The molecule has 2 fully saturated rings. The molecule has 0 aliphatic carbocycles. The first-order valence-electron chi connectivity index (χ1n) is 7.69. The predicted octanol–water partition coefficient (Wildman–Crippen LogP) is 0.372. The summed E-state index contributed by atoms with van der Waals surface area (Å²) in [6.07, 6.45) is 0.892. The third kappa shape index (κ3) is 4.49. The fraction of sp³-hybridized carbons (Fsp3) is 0.857. The summed E-state index contributed by atoms with van der Waals surface area (Å²) in [6, 6.07) is 0. The van der Waals surface area contributed by atoms with Crippen molar-refractivity contribution in [3.05, 3.63) is 0 Å². The zero-order chi connectivity index (χ0) is 15.1. The number of nitrogens with one attached hydrogen (secondary N) is 1. The standard InChI is InChI=1S/C14H26N4O3/c1-3-21-14(19)18-7-5-17(6-8-18)13(15-2)16-10-12-4-9-20-11-12/h12H,3-11H2,1-2H3,(H,15,16). The highest BCUT2D eigenvalue weighted by atomic mass is 16.6. The molecule has 2 aliphatic heterocycles. The van der Waals surface area contributed by atoms with Crippen molar-refractivity contribution < 1.29 is 14.3 Å². The molecule has 0 saturated carbocycles. The molecule has 2 heterocycles. The smallest absolute Gasteiger partial charge is 0.409 e. The number of hydrogen-bond acceptors (Lipinski definition) is 4. The van der Waals surface area contributed by atoms with Crippen LogP contribution in [0.4, 0.5) is 4.79 Å². The Bertz CT molecular complexity index is 361. The fourth-order valence-corrected chi connectivity index (χ4v) is 2.63. The Morgan fingerprint density at radius 3 is 2.62 bits per heavy atom. The van der Waals surface area contributed by atoms with E-state index >= 15 is 0 Å². The van der Waals surface area contributed by atoms with E-state index in [1.807, 2.05) is 6.92 Å². The van der Waals surface area contributed by atoms with Gasteiger partial charge in [0.2, 0.25) is 0 Å². The Morgan fingerprint density at radius 1 is 1.33 bits per heavy atom. The van der Waals surface area contributed by atoms with Crippen molar-refractivity contribution in [3.8, 4) is 0 Å². The summed E-state index contributed by atoms with van der Waals surface area (Å²) < 4.78 is 10.4. The van der Waals surface area contributed by atoms with E-state index in [1.54, 1.807) is 11.9 Å². The van der Waals surface area contributed by atoms with E-state index < -0.39 is 0 Å². The predicted molar refractivity (Wildman–Crippen MR) is 80.5 cm³/mol. The maximum atomic E-state index is 11.7. The number of carbonyl (C=O) groups is 1. The van der Waals surface area contributed by atoms with Crippen LogP contribution in [-0.4, -0.2) is 81.4 Å². The van der Waals surface area contributed by atoms with E-state index in [1.165, 1.54) is 0 Å². The molecule has 0 radical (unpaired) electrons. The molecular weight excluding hydrogens is 272 g/mol. The van der Waals surface area contributed by atoms with Crippen molar-refractivity contribution in [2.24, 2.45) is 10.9 Å². The van der Waals surface area contributed by atoms with Gasteiger partial charge in [-0.3, -0.25) is 4.99 Å². The Kier molecular flexibility index (Phi) is 6.10. The van der Waals surface area contributed by atoms with Gasteiger partial charge in [-0.2, -0.15) is 0 Å². The van der Waals surface area contributed by atoms with Gasteiger partial charge in [0, 0.05) is 52.3 Å². The zero-order valence-corrected chi connectivity index (χ0v) is 13.0. The topological polar surface area (TPSA) is 66.4 Å². The summed E-state index contributed by atoms with van der Waals surface area (Å²) in [5.74, 6) is 1.48. The largest absolute Gasteiger partial charge is 0.450 e. The maximum Gasteiger partial charge on any atom is 0.409 e. The van der Waals surface area contributed by atoms with E-state index in [2.05, 4.69) is 15.2 Å². The lowest BCUT2D eigenvalue weighted by molar-refractivity contribution is 0.0914. The van der Waals surface area contributed by atoms with E-state index in [9.17, 15) is 4.79 Å². The lowest BCUT2D eigenvalue weighted by Crippen LogP contribution is -2.54. The minimum atomic E-state index is -0.219. The van der Waals surface area contributed by atoms with Crippen LogP contribution in [0.25, 0.3) is 0 Å². The molecule has 0 aromatic heterocycles. The highest BCUT2D eigenvalue weighted by molar-refractivity contribution is 5.80. The van der Waals surface area contributed by atoms with Gasteiger partial charge in [-0.1, -0.05) is 0 Å². The van der Waals surface area contributed by atoms with Gasteiger partial charge in [0.1, 0.15) is 0 Å². The third-order valence-electron chi connectivity index (χ3n) is 3.89. The molecule has 21 heavy (non-hydrogen) atoms. The average molecular weight is 298 g/mol. The molecule has 0 bridgehead atoms. The molecule has 1 atom stereocenters. The quantitative estimate of drug-likeness (QED) is 0.602. The molecule has 1 unspecified atom stereocenters. The van der Waals surface area contributed by atoms with Gasteiger partial charge in [0.05, 0.1) is 13.2 Å². The Morgan fingerprint density at radius 2 is 2.05 bits per heavy atom. The SMILES string of the molecule is CCOC(=O)N1CCN(C(=NC)NCC2CCOC2)CC1. The van der Waals surface area contributed by atoms with Crippen molar-refractivity contribution in [3.63, 3.8) is 0 Å². The zero-order valence-electron chi connectivity index (χ0n) is 13.0. The van der Waals surface area contributed by atoms with Gasteiger partial charge in [-0.25, -0.2) is 4.79 Å². The highest BCUT2D eigenvalue weighted by Gasteiger charge is 2.24. The molecule has 7 nitrogen and oxygen atoms in total.